The molecule has 2 heterocycles. The Morgan fingerprint density at radius 1 is 1.31 bits per heavy atom. The van der Waals surface area contributed by atoms with Crippen LogP contribution in [-0.2, 0) is 24.0 Å². The zero-order chi connectivity index (χ0) is 19.5. The second-order valence-corrected chi connectivity index (χ2v) is 6.05. The number of imidazole rings is 1. The van der Waals surface area contributed by atoms with E-state index >= 15 is 0 Å². The van der Waals surface area contributed by atoms with Crippen LogP contribution in [0.5, 0.6) is 0 Å². The molecular formula is C16H20F3N5O2. The highest BCUT2D eigenvalue weighted by molar-refractivity contribution is 5.77. The summed E-state index contributed by atoms with van der Waals surface area (Å²) in [4.78, 5) is 21.6. The lowest BCUT2D eigenvalue weighted by Crippen LogP contribution is -2.47. The van der Waals surface area contributed by atoms with Gasteiger partial charge in [0.05, 0.1) is 6.42 Å². The monoisotopic (exact) mass is 371 g/mol. The van der Waals surface area contributed by atoms with Crippen molar-refractivity contribution in [2.75, 3.05) is 19.0 Å². The molecule has 0 aliphatic rings. The fourth-order valence-corrected chi connectivity index (χ4v) is 2.53. The van der Waals surface area contributed by atoms with Gasteiger partial charge in [0.15, 0.2) is 5.82 Å². The molecule has 2 rings (SSSR count). The van der Waals surface area contributed by atoms with Crippen molar-refractivity contribution in [1.82, 2.24) is 19.9 Å². The average Bonchev–Trinajstić information content (AvgIpc) is 2.98. The van der Waals surface area contributed by atoms with Crippen molar-refractivity contribution in [1.29, 1.82) is 0 Å². The lowest BCUT2D eigenvalue weighted by molar-refractivity contribution is -0.271. The number of carbonyl (C=O) groups excluding carboxylic acids is 1. The van der Waals surface area contributed by atoms with Crippen LogP contribution >= 0.6 is 0 Å². The molecule has 0 aliphatic carbocycles. The largest absolute Gasteiger partial charge is 0.425 e. The van der Waals surface area contributed by atoms with Gasteiger partial charge in [0.25, 0.3) is 0 Å². The van der Waals surface area contributed by atoms with Gasteiger partial charge in [0.1, 0.15) is 5.82 Å². The highest BCUT2D eigenvalue weighted by Crippen LogP contribution is 2.40. The number of pyridine rings is 1. The first kappa shape index (κ1) is 19.7. The Morgan fingerprint density at radius 3 is 2.54 bits per heavy atom. The van der Waals surface area contributed by atoms with Crippen molar-refractivity contribution in [2.24, 2.45) is 7.05 Å². The van der Waals surface area contributed by atoms with E-state index in [-0.39, 0.29) is 6.54 Å². The molecule has 1 unspecified atom stereocenters. The van der Waals surface area contributed by atoms with Gasteiger partial charge in [-0.15, -0.1) is 0 Å². The van der Waals surface area contributed by atoms with E-state index in [0.29, 0.717) is 11.4 Å². The van der Waals surface area contributed by atoms with Crippen LogP contribution in [0.2, 0.25) is 0 Å². The fourth-order valence-electron chi connectivity index (χ4n) is 2.53. The third kappa shape index (κ3) is 3.96. The van der Waals surface area contributed by atoms with E-state index in [4.69, 9.17) is 0 Å². The standard InChI is InChI=1S/C16H20F3N5O2/c1-23(2)13-11(5-4-6-20-13)10-22-12(25)9-15(26,16(17,18)19)14-21-7-8-24(14)3/h4-8,26H,9-10H2,1-3H3,(H,22,25). The molecule has 0 bridgehead atoms. The molecule has 0 fully saturated rings. The van der Waals surface area contributed by atoms with Gasteiger partial charge in [0, 0.05) is 51.8 Å². The van der Waals surface area contributed by atoms with Gasteiger partial charge in [-0.2, -0.15) is 13.2 Å². The summed E-state index contributed by atoms with van der Waals surface area (Å²) < 4.78 is 41.4. The van der Waals surface area contributed by atoms with E-state index in [1.807, 2.05) is 0 Å². The molecule has 10 heteroatoms. The molecule has 1 atom stereocenters. The third-order valence-corrected chi connectivity index (χ3v) is 3.84. The summed E-state index contributed by atoms with van der Waals surface area (Å²) in [6, 6.07) is 3.37. The predicted molar refractivity (Wildman–Crippen MR) is 88.2 cm³/mol. The van der Waals surface area contributed by atoms with Crippen LogP contribution in [0.4, 0.5) is 19.0 Å². The minimum absolute atomic E-state index is 0.0192. The van der Waals surface area contributed by atoms with Crippen molar-refractivity contribution in [3.05, 3.63) is 42.1 Å². The molecule has 0 saturated carbocycles. The summed E-state index contributed by atoms with van der Waals surface area (Å²) in [5.41, 5.74) is -2.74. The molecule has 26 heavy (non-hydrogen) atoms. The maximum absolute atomic E-state index is 13.4. The number of halogens is 3. The Hall–Kier alpha value is -2.62. The number of carbonyl (C=O) groups is 1. The molecule has 0 aliphatic heterocycles. The fraction of sp³-hybridized carbons (Fsp3) is 0.438. The molecule has 0 saturated heterocycles. The number of anilines is 1. The number of nitrogens with one attached hydrogen (secondary N) is 1. The van der Waals surface area contributed by atoms with Gasteiger partial charge >= 0.3 is 6.18 Å². The smallest absolute Gasteiger partial charge is 0.374 e. The number of aliphatic hydroxyl groups is 1. The van der Waals surface area contributed by atoms with Gasteiger partial charge in [-0.05, 0) is 6.07 Å². The van der Waals surface area contributed by atoms with E-state index < -0.39 is 29.9 Å². The number of hydrogen-bond acceptors (Lipinski definition) is 5. The zero-order valence-electron chi connectivity index (χ0n) is 14.6. The van der Waals surface area contributed by atoms with Crippen LogP contribution in [0.25, 0.3) is 0 Å². The van der Waals surface area contributed by atoms with Crippen LogP contribution in [0.3, 0.4) is 0 Å². The second-order valence-electron chi connectivity index (χ2n) is 6.05. The van der Waals surface area contributed by atoms with Crippen LogP contribution in [0, 0.1) is 0 Å². The predicted octanol–water partition coefficient (Wildman–Crippen LogP) is 1.34. The van der Waals surface area contributed by atoms with E-state index in [9.17, 15) is 23.1 Å². The molecule has 0 spiro atoms. The van der Waals surface area contributed by atoms with Crippen molar-refractivity contribution < 1.29 is 23.1 Å². The molecular weight excluding hydrogens is 351 g/mol. The van der Waals surface area contributed by atoms with Crippen LogP contribution in [-0.4, -0.2) is 45.8 Å². The van der Waals surface area contributed by atoms with E-state index in [0.717, 1.165) is 10.8 Å². The second kappa shape index (κ2) is 7.32. The topological polar surface area (TPSA) is 83.3 Å². The molecule has 1 amide bonds. The lowest BCUT2D eigenvalue weighted by Gasteiger charge is -2.29. The first-order valence-electron chi connectivity index (χ1n) is 7.71. The van der Waals surface area contributed by atoms with Gasteiger partial charge in [-0.3, -0.25) is 4.79 Å². The lowest BCUT2D eigenvalue weighted by atomic mass is 9.97. The molecule has 2 aromatic heterocycles. The Kier molecular flexibility index (Phi) is 5.55. The molecule has 2 N–H and O–H groups in total. The summed E-state index contributed by atoms with van der Waals surface area (Å²) in [5.74, 6) is -1.01. The van der Waals surface area contributed by atoms with Crippen LogP contribution in [0.15, 0.2) is 30.7 Å². The van der Waals surface area contributed by atoms with Crippen molar-refractivity contribution in [3.63, 3.8) is 0 Å². The maximum atomic E-state index is 13.4. The number of rotatable bonds is 6. The highest BCUT2D eigenvalue weighted by atomic mass is 19.4. The minimum atomic E-state index is -5.06. The molecule has 0 radical (unpaired) electrons. The van der Waals surface area contributed by atoms with E-state index in [1.54, 1.807) is 37.3 Å². The maximum Gasteiger partial charge on any atom is 0.425 e. The summed E-state index contributed by atoms with van der Waals surface area (Å²) in [5, 5.41) is 12.6. The third-order valence-electron chi connectivity index (χ3n) is 3.84. The van der Waals surface area contributed by atoms with E-state index in [2.05, 4.69) is 15.3 Å². The number of nitrogens with zero attached hydrogens (tertiary/aromatic N) is 4. The van der Waals surface area contributed by atoms with Gasteiger partial charge in [-0.25, -0.2) is 9.97 Å². The summed E-state index contributed by atoms with van der Waals surface area (Å²) in [7, 11) is 4.84. The van der Waals surface area contributed by atoms with E-state index in [1.165, 1.54) is 13.2 Å². The van der Waals surface area contributed by atoms with Gasteiger partial charge in [0.2, 0.25) is 11.5 Å². The average molecular weight is 371 g/mol. The van der Waals surface area contributed by atoms with Gasteiger partial charge < -0.3 is 19.9 Å². The Bertz CT molecular complexity index is 775. The Morgan fingerprint density at radius 2 is 2.00 bits per heavy atom. The number of aryl methyl sites for hydroxylation is 1. The SMILES string of the molecule is CN(C)c1ncccc1CNC(=O)CC(O)(c1nccn1C)C(F)(F)F. The van der Waals surface area contributed by atoms with Gasteiger partial charge in [-0.1, -0.05) is 6.07 Å². The van der Waals surface area contributed by atoms with Crippen molar-refractivity contribution in [3.8, 4) is 0 Å². The Balaban J connectivity index is 2.16. The first-order valence-corrected chi connectivity index (χ1v) is 7.71. The molecule has 2 aromatic rings. The summed E-state index contributed by atoms with van der Waals surface area (Å²) in [6.07, 6.45) is -2.29. The number of alkyl halides is 3. The molecule has 142 valence electrons. The quantitative estimate of drug-likeness (QED) is 0.801. The molecule has 7 nitrogen and oxygen atoms in total. The number of amides is 1. The number of aromatic nitrogens is 3. The minimum Gasteiger partial charge on any atom is -0.374 e. The van der Waals surface area contributed by atoms with Crippen LogP contribution < -0.4 is 10.2 Å². The Labute approximate surface area is 148 Å². The van der Waals surface area contributed by atoms with Crippen LogP contribution in [0.1, 0.15) is 17.8 Å². The van der Waals surface area contributed by atoms with Crippen molar-refractivity contribution in [2.45, 2.75) is 24.7 Å². The number of hydrogen-bond donors (Lipinski definition) is 2. The first-order chi connectivity index (χ1) is 12.1. The normalized spacial score (nSPS) is 14.0. The summed E-state index contributed by atoms with van der Waals surface area (Å²) in [6.45, 7) is -0.0192. The zero-order valence-corrected chi connectivity index (χ0v) is 14.6. The van der Waals surface area contributed by atoms with Crippen molar-refractivity contribution >= 4 is 11.7 Å². The summed E-state index contributed by atoms with van der Waals surface area (Å²) >= 11 is 0. The highest BCUT2D eigenvalue weighted by Gasteiger charge is 2.58. The molecule has 0 aromatic carbocycles.